The number of imide groups is 1. The number of carbonyl (C=O) groups is 3. The normalized spacial score (nSPS) is 14.6. The van der Waals surface area contributed by atoms with E-state index in [1.54, 1.807) is 30.3 Å². The number of carbonyl (C=O) groups excluding carboxylic acids is 3. The lowest BCUT2D eigenvalue weighted by atomic mass is 10.1. The van der Waals surface area contributed by atoms with E-state index in [0.29, 0.717) is 22.6 Å². The Morgan fingerprint density at radius 1 is 1.03 bits per heavy atom. The van der Waals surface area contributed by atoms with Gasteiger partial charge in [-0.25, -0.2) is 0 Å². The molecule has 1 aliphatic heterocycles. The molecule has 1 aliphatic rings. The highest BCUT2D eigenvalue weighted by molar-refractivity contribution is 7.17. The molecule has 0 bridgehead atoms. The van der Waals surface area contributed by atoms with E-state index in [4.69, 9.17) is 0 Å². The molecule has 0 atom stereocenters. The van der Waals surface area contributed by atoms with Gasteiger partial charge in [0.15, 0.2) is 4.80 Å². The topological polar surface area (TPSA) is 71.7 Å². The van der Waals surface area contributed by atoms with Gasteiger partial charge < -0.3 is 4.57 Å². The van der Waals surface area contributed by atoms with E-state index >= 15 is 0 Å². The standard InChI is InChI=1S/C25H19N3O3S/c1-2-14-27-20-11-10-16-6-3-4-9-19(16)23(20)32-25(27)26-24(31)17-7-5-8-18(15-17)28-21(29)12-13-22(28)30/h2-11,15H,1,12-14H2. The van der Waals surface area contributed by atoms with Gasteiger partial charge in [0.25, 0.3) is 5.91 Å². The summed E-state index contributed by atoms with van der Waals surface area (Å²) < 4.78 is 3.02. The quantitative estimate of drug-likeness (QED) is 0.347. The summed E-state index contributed by atoms with van der Waals surface area (Å²) in [6.45, 7) is 4.36. The predicted octanol–water partition coefficient (Wildman–Crippen LogP) is 4.44. The highest BCUT2D eigenvalue weighted by atomic mass is 32.1. The van der Waals surface area contributed by atoms with E-state index in [2.05, 4.69) is 29.8 Å². The first-order valence-corrected chi connectivity index (χ1v) is 11.1. The van der Waals surface area contributed by atoms with Crippen molar-refractivity contribution in [2.24, 2.45) is 4.99 Å². The lowest BCUT2D eigenvalue weighted by molar-refractivity contribution is -0.121. The minimum Gasteiger partial charge on any atom is -0.312 e. The van der Waals surface area contributed by atoms with Crippen molar-refractivity contribution >= 4 is 55.7 Å². The van der Waals surface area contributed by atoms with Crippen molar-refractivity contribution in [3.8, 4) is 0 Å². The number of rotatable bonds is 4. The van der Waals surface area contributed by atoms with Gasteiger partial charge in [0.1, 0.15) is 0 Å². The molecule has 3 amide bonds. The summed E-state index contributed by atoms with van der Waals surface area (Å²) in [6.07, 6.45) is 2.16. The van der Waals surface area contributed by atoms with Crippen LogP contribution in [0.1, 0.15) is 23.2 Å². The van der Waals surface area contributed by atoms with E-state index in [-0.39, 0.29) is 24.7 Å². The monoisotopic (exact) mass is 441 g/mol. The summed E-state index contributed by atoms with van der Waals surface area (Å²) in [6, 6.07) is 18.7. The van der Waals surface area contributed by atoms with Crippen LogP contribution in [0.5, 0.6) is 0 Å². The van der Waals surface area contributed by atoms with Gasteiger partial charge in [-0.1, -0.05) is 53.8 Å². The van der Waals surface area contributed by atoms with E-state index in [9.17, 15) is 14.4 Å². The Hall–Kier alpha value is -3.84. The van der Waals surface area contributed by atoms with Crippen LogP contribution in [0, 0.1) is 0 Å². The van der Waals surface area contributed by atoms with E-state index < -0.39 is 5.91 Å². The fraction of sp³-hybridized carbons (Fsp3) is 0.120. The number of allylic oxidation sites excluding steroid dienone is 1. The second-order valence-electron chi connectivity index (χ2n) is 7.51. The first-order valence-electron chi connectivity index (χ1n) is 10.2. The first kappa shape index (κ1) is 20.1. The Morgan fingerprint density at radius 2 is 1.81 bits per heavy atom. The Kier molecular flexibility index (Phi) is 5.03. The molecular formula is C25H19N3O3S. The molecule has 6 nitrogen and oxygen atoms in total. The van der Waals surface area contributed by atoms with Gasteiger partial charge in [-0.3, -0.25) is 19.3 Å². The van der Waals surface area contributed by atoms with Crippen LogP contribution in [0.2, 0.25) is 0 Å². The van der Waals surface area contributed by atoms with Gasteiger partial charge in [0.2, 0.25) is 11.8 Å². The summed E-state index contributed by atoms with van der Waals surface area (Å²) in [5, 5.41) is 2.23. The van der Waals surface area contributed by atoms with Crippen molar-refractivity contribution in [2.75, 3.05) is 4.90 Å². The van der Waals surface area contributed by atoms with Crippen LogP contribution in [-0.4, -0.2) is 22.3 Å². The molecule has 3 aromatic carbocycles. The maximum absolute atomic E-state index is 13.1. The third kappa shape index (κ3) is 3.36. The Morgan fingerprint density at radius 3 is 2.59 bits per heavy atom. The molecule has 1 fully saturated rings. The minimum absolute atomic E-state index is 0.193. The van der Waals surface area contributed by atoms with Crippen molar-refractivity contribution < 1.29 is 14.4 Å². The van der Waals surface area contributed by atoms with Gasteiger partial charge in [-0.2, -0.15) is 4.99 Å². The average molecular weight is 442 g/mol. The highest BCUT2D eigenvalue weighted by Gasteiger charge is 2.30. The number of aromatic nitrogens is 1. The maximum atomic E-state index is 13.1. The van der Waals surface area contributed by atoms with Crippen LogP contribution in [0.3, 0.4) is 0 Å². The van der Waals surface area contributed by atoms with Crippen LogP contribution >= 0.6 is 11.3 Å². The van der Waals surface area contributed by atoms with Gasteiger partial charge in [0, 0.05) is 30.3 Å². The zero-order valence-electron chi connectivity index (χ0n) is 17.2. The number of fused-ring (bicyclic) bond motifs is 3. The van der Waals surface area contributed by atoms with Crippen LogP contribution in [0.25, 0.3) is 21.0 Å². The molecule has 1 saturated heterocycles. The highest BCUT2D eigenvalue weighted by Crippen LogP contribution is 2.28. The van der Waals surface area contributed by atoms with Crippen LogP contribution in [0.15, 0.2) is 78.3 Å². The van der Waals surface area contributed by atoms with E-state index in [0.717, 1.165) is 25.9 Å². The Balaban J connectivity index is 1.62. The second kappa shape index (κ2) is 8.01. The van der Waals surface area contributed by atoms with Crippen molar-refractivity contribution in [2.45, 2.75) is 19.4 Å². The minimum atomic E-state index is -0.431. The third-order valence-electron chi connectivity index (χ3n) is 5.49. The fourth-order valence-electron chi connectivity index (χ4n) is 3.98. The average Bonchev–Trinajstić information content (AvgIpc) is 3.33. The summed E-state index contributed by atoms with van der Waals surface area (Å²) in [4.78, 5) is 43.3. The van der Waals surface area contributed by atoms with Gasteiger partial charge in [-0.05, 0) is 29.7 Å². The largest absolute Gasteiger partial charge is 0.312 e. The second-order valence-corrected chi connectivity index (χ2v) is 8.49. The molecule has 0 radical (unpaired) electrons. The lowest BCUT2D eigenvalue weighted by Gasteiger charge is -2.14. The van der Waals surface area contributed by atoms with Crippen molar-refractivity contribution in [1.82, 2.24) is 4.57 Å². The van der Waals surface area contributed by atoms with Crippen LogP contribution < -0.4 is 9.70 Å². The molecule has 0 spiro atoms. The number of amides is 3. The SMILES string of the molecule is C=CCn1c(=NC(=O)c2cccc(N3C(=O)CCC3=O)c2)sc2c3ccccc3ccc21. The summed E-state index contributed by atoms with van der Waals surface area (Å²) in [5.74, 6) is -0.937. The van der Waals surface area contributed by atoms with Gasteiger partial charge in [-0.15, -0.1) is 6.58 Å². The molecule has 1 aromatic heterocycles. The van der Waals surface area contributed by atoms with E-state index in [1.807, 2.05) is 22.8 Å². The summed E-state index contributed by atoms with van der Waals surface area (Å²) in [5.41, 5.74) is 1.71. The molecule has 158 valence electrons. The van der Waals surface area contributed by atoms with Crippen molar-refractivity contribution in [3.63, 3.8) is 0 Å². The fourth-order valence-corrected chi connectivity index (χ4v) is 5.16. The van der Waals surface area contributed by atoms with Crippen molar-refractivity contribution in [1.29, 1.82) is 0 Å². The number of thiazole rings is 1. The maximum Gasteiger partial charge on any atom is 0.279 e. The van der Waals surface area contributed by atoms with E-state index in [1.165, 1.54) is 11.3 Å². The van der Waals surface area contributed by atoms with Gasteiger partial charge in [0.05, 0.1) is 15.9 Å². The van der Waals surface area contributed by atoms with Crippen LogP contribution in [-0.2, 0) is 16.1 Å². The predicted molar refractivity (Wildman–Crippen MR) is 126 cm³/mol. The van der Waals surface area contributed by atoms with Crippen LogP contribution in [0.4, 0.5) is 5.69 Å². The molecular weight excluding hydrogens is 422 g/mol. The lowest BCUT2D eigenvalue weighted by Crippen LogP contribution is -2.28. The number of nitrogens with zero attached hydrogens (tertiary/aromatic N) is 3. The smallest absolute Gasteiger partial charge is 0.279 e. The molecule has 0 unspecified atom stereocenters. The molecule has 4 aromatic rings. The molecule has 0 aliphatic carbocycles. The number of anilines is 1. The Bertz CT molecular complexity index is 1480. The molecule has 32 heavy (non-hydrogen) atoms. The number of hydrogen-bond donors (Lipinski definition) is 0. The summed E-state index contributed by atoms with van der Waals surface area (Å²) in [7, 11) is 0. The summed E-state index contributed by atoms with van der Waals surface area (Å²) >= 11 is 1.46. The first-order chi connectivity index (χ1) is 15.6. The molecule has 5 rings (SSSR count). The molecule has 2 heterocycles. The zero-order valence-corrected chi connectivity index (χ0v) is 18.0. The Labute approximate surface area is 187 Å². The molecule has 0 saturated carbocycles. The molecule has 7 heteroatoms. The molecule has 0 N–H and O–H groups in total. The van der Waals surface area contributed by atoms with Crippen molar-refractivity contribution in [3.05, 3.63) is 83.7 Å². The zero-order chi connectivity index (χ0) is 22.2. The third-order valence-corrected chi connectivity index (χ3v) is 6.61. The van der Waals surface area contributed by atoms with Gasteiger partial charge >= 0.3 is 0 Å². The number of hydrogen-bond acceptors (Lipinski definition) is 4. The number of benzene rings is 3.